The zero-order chi connectivity index (χ0) is 8.15. The van der Waals surface area contributed by atoms with Gasteiger partial charge >= 0.3 is 0 Å². The number of allylic oxidation sites excluding steroid dienone is 1. The Morgan fingerprint density at radius 3 is 2.20 bits per heavy atom. The number of hydrogen-bond donors (Lipinski definition) is 0. The van der Waals surface area contributed by atoms with Crippen molar-refractivity contribution in [3.63, 3.8) is 0 Å². The smallest absolute Gasteiger partial charge is 0.263 e. The fourth-order valence-electron chi connectivity index (χ4n) is 0.477. The molecule has 0 spiro atoms. The van der Waals surface area contributed by atoms with Gasteiger partial charge in [0.25, 0.3) is 5.91 Å². The number of nitriles is 1. The molecular weight excluding hydrogens is 128 g/mol. The zero-order valence-electron chi connectivity index (χ0n) is 6.38. The monoisotopic (exact) mass is 138 g/mol. The van der Waals surface area contributed by atoms with Gasteiger partial charge in [-0.1, -0.05) is 6.08 Å². The summed E-state index contributed by atoms with van der Waals surface area (Å²) in [7, 11) is 3.23. The minimum atomic E-state index is -0.245. The summed E-state index contributed by atoms with van der Waals surface area (Å²) in [4.78, 5) is 12.3. The first-order chi connectivity index (χ1) is 4.63. The highest BCUT2D eigenvalue weighted by Gasteiger charge is 2.08. The van der Waals surface area contributed by atoms with Gasteiger partial charge in [-0.3, -0.25) is 4.79 Å². The zero-order valence-corrected chi connectivity index (χ0v) is 6.38. The van der Waals surface area contributed by atoms with E-state index in [1.54, 1.807) is 27.1 Å². The molecule has 0 atom stereocenters. The number of carbonyl (C=O) groups is 1. The molecule has 0 aliphatic rings. The van der Waals surface area contributed by atoms with E-state index in [-0.39, 0.29) is 11.5 Å². The van der Waals surface area contributed by atoms with Crippen molar-refractivity contribution >= 4 is 5.91 Å². The molecule has 0 fully saturated rings. The molecule has 3 heteroatoms. The fourth-order valence-corrected chi connectivity index (χ4v) is 0.477. The van der Waals surface area contributed by atoms with Gasteiger partial charge in [-0.05, 0) is 6.92 Å². The molecule has 1 amide bonds. The van der Waals surface area contributed by atoms with Crippen LogP contribution >= 0.6 is 0 Å². The molecule has 0 aromatic carbocycles. The molecule has 3 nitrogen and oxygen atoms in total. The Labute approximate surface area is 60.6 Å². The van der Waals surface area contributed by atoms with Crippen molar-refractivity contribution < 1.29 is 4.79 Å². The first-order valence-electron chi connectivity index (χ1n) is 2.91. The Balaban J connectivity index is 4.38. The van der Waals surface area contributed by atoms with Gasteiger partial charge in [0.2, 0.25) is 0 Å². The third-order valence-electron chi connectivity index (χ3n) is 1.05. The van der Waals surface area contributed by atoms with E-state index < -0.39 is 0 Å². The lowest BCUT2D eigenvalue weighted by Gasteiger charge is -2.07. The number of nitrogens with zero attached hydrogens (tertiary/aromatic N) is 2. The largest absolute Gasteiger partial charge is 0.344 e. The lowest BCUT2D eigenvalue weighted by Crippen LogP contribution is -2.22. The van der Waals surface area contributed by atoms with E-state index in [0.29, 0.717) is 0 Å². The normalized spacial score (nSPS) is 10.4. The van der Waals surface area contributed by atoms with Crippen molar-refractivity contribution in [2.24, 2.45) is 0 Å². The second-order valence-electron chi connectivity index (χ2n) is 2.01. The number of hydrogen-bond acceptors (Lipinski definition) is 2. The molecular formula is C7H10N2O. The van der Waals surface area contributed by atoms with Crippen LogP contribution in [0.1, 0.15) is 6.92 Å². The Bertz CT molecular complexity index is 198. The average Bonchev–Trinajstić information content (AvgIpc) is 1.90. The van der Waals surface area contributed by atoms with Crippen molar-refractivity contribution in [3.05, 3.63) is 11.6 Å². The first-order valence-corrected chi connectivity index (χ1v) is 2.91. The van der Waals surface area contributed by atoms with Crippen LogP contribution in [-0.2, 0) is 4.79 Å². The standard InChI is InChI=1S/C7H10N2O/c1-4-6(5-8)7(10)9(2)3/h4H,1-3H3/b6-4+. The third-order valence-corrected chi connectivity index (χ3v) is 1.05. The van der Waals surface area contributed by atoms with Crippen LogP contribution in [0.5, 0.6) is 0 Å². The van der Waals surface area contributed by atoms with Crippen molar-refractivity contribution in [2.45, 2.75) is 6.92 Å². The molecule has 0 N–H and O–H groups in total. The quantitative estimate of drug-likeness (QED) is 0.392. The topological polar surface area (TPSA) is 44.1 Å². The lowest BCUT2D eigenvalue weighted by molar-refractivity contribution is -0.124. The second-order valence-corrected chi connectivity index (χ2v) is 2.01. The number of rotatable bonds is 1. The van der Waals surface area contributed by atoms with Crippen LogP contribution in [0.2, 0.25) is 0 Å². The van der Waals surface area contributed by atoms with E-state index in [0.717, 1.165) is 0 Å². The predicted molar refractivity (Wildman–Crippen MR) is 38.1 cm³/mol. The van der Waals surface area contributed by atoms with Gasteiger partial charge in [-0.25, -0.2) is 0 Å². The van der Waals surface area contributed by atoms with Gasteiger partial charge in [0.05, 0.1) is 0 Å². The Kier molecular flexibility index (Phi) is 3.20. The van der Waals surface area contributed by atoms with Crippen LogP contribution in [0.3, 0.4) is 0 Å². The molecule has 54 valence electrons. The van der Waals surface area contributed by atoms with E-state index >= 15 is 0 Å². The summed E-state index contributed by atoms with van der Waals surface area (Å²) in [5.74, 6) is -0.245. The Morgan fingerprint density at radius 1 is 1.60 bits per heavy atom. The van der Waals surface area contributed by atoms with Crippen molar-refractivity contribution in [2.75, 3.05) is 14.1 Å². The molecule has 0 bridgehead atoms. The number of carbonyl (C=O) groups excluding carboxylic acids is 1. The summed E-state index contributed by atoms with van der Waals surface area (Å²) >= 11 is 0. The molecule has 0 aliphatic heterocycles. The fraction of sp³-hybridized carbons (Fsp3) is 0.429. The maximum absolute atomic E-state index is 10.9. The van der Waals surface area contributed by atoms with Crippen LogP contribution < -0.4 is 0 Å². The van der Waals surface area contributed by atoms with E-state index in [9.17, 15) is 4.79 Å². The number of likely N-dealkylation sites (N-methyl/N-ethyl adjacent to an activating group) is 1. The highest BCUT2D eigenvalue weighted by atomic mass is 16.2. The number of amides is 1. The predicted octanol–water partition coefficient (Wildman–Crippen LogP) is 0.544. The summed E-state index contributed by atoms with van der Waals surface area (Å²) in [6, 6.07) is 1.80. The van der Waals surface area contributed by atoms with Gasteiger partial charge in [-0.2, -0.15) is 5.26 Å². The van der Waals surface area contributed by atoms with Crippen molar-refractivity contribution in [1.82, 2.24) is 4.90 Å². The summed E-state index contributed by atoms with van der Waals surface area (Å²) < 4.78 is 0. The minimum absolute atomic E-state index is 0.185. The van der Waals surface area contributed by atoms with Crippen LogP contribution in [0.4, 0.5) is 0 Å². The van der Waals surface area contributed by atoms with Crippen molar-refractivity contribution in [1.29, 1.82) is 5.26 Å². The van der Waals surface area contributed by atoms with E-state index in [2.05, 4.69) is 0 Å². The minimum Gasteiger partial charge on any atom is -0.344 e. The molecule has 0 aromatic heterocycles. The van der Waals surface area contributed by atoms with Gasteiger partial charge in [0, 0.05) is 14.1 Å². The Morgan fingerprint density at radius 2 is 2.10 bits per heavy atom. The summed E-state index contributed by atoms with van der Waals surface area (Å²) in [6.45, 7) is 1.67. The second kappa shape index (κ2) is 3.67. The van der Waals surface area contributed by atoms with Crippen LogP contribution in [-0.4, -0.2) is 24.9 Å². The summed E-state index contributed by atoms with van der Waals surface area (Å²) in [5.41, 5.74) is 0.185. The molecule has 0 aliphatic carbocycles. The molecule has 0 aromatic rings. The highest BCUT2D eigenvalue weighted by molar-refractivity contribution is 5.96. The molecule has 0 unspecified atom stereocenters. The average molecular weight is 138 g/mol. The lowest BCUT2D eigenvalue weighted by atomic mass is 10.2. The molecule has 10 heavy (non-hydrogen) atoms. The Hall–Kier alpha value is -1.30. The van der Waals surface area contributed by atoms with Gasteiger partial charge in [0.15, 0.2) is 0 Å². The van der Waals surface area contributed by atoms with E-state index in [1.165, 1.54) is 11.0 Å². The highest BCUT2D eigenvalue weighted by Crippen LogP contribution is 1.95. The SMILES string of the molecule is C/C=C(\C#N)C(=O)N(C)C. The van der Waals surface area contributed by atoms with Crippen molar-refractivity contribution in [3.8, 4) is 6.07 Å². The van der Waals surface area contributed by atoms with E-state index in [1.807, 2.05) is 0 Å². The first kappa shape index (κ1) is 8.70. The van der Waals surface area contributed by atoms with Crippen LogP contribution in [0.25, 0.3) is 0 Å². The third kappa shape index (κ3) is 1.90. The maximum atomic E-state index is 10.9. The molecule has 0 rings (SSSR count). The molecule has 0 radical (unpaired) electrons. The molecule has 0 heterocycles. The van der Waals surface area contributed by atoms with E-state index in [4.69, 9.17) is 5.26 Å². The molecule has 0 saturated carbocycles. The van der Waals surface area contributed by atoms with Crippen LogP contribution in [0, 0.1) is 11.3 Å². The molecule has 0 saturated heterocycles. The van der Waals surface area contributed by atoms with Crippen LogP contribution in [0.15, 0.2) is 11.6 Å². The summed E-state index contributed by atoms with van der Waals surface area (Å²) in [6.07, 6.45) is 1.50. The maximum Gasteiger partial charge on any atom is 0.263 e. The van der Waals surface area contributed by atoms with Gasteiger partial charge < -0.3 is 4.90 Å². The van der Waals surface area contributed by atoms with Gasteiger partial charge in [-0.15, -0.1) is 0 Å². The van der Waals surface area contributed by atoms with Gasteiger partial charge in [0.1, 0.15) is 11.6 Å². The summed E-state index contributed by atoms with van der Waals surface area (Å²) in [5, 5.41) is 8.38.